The summed E-state index contributed by atoms with van der Waals surface area (Å²) in [6.45, 7) is 4.77. The van der Waals surface area contributed by atoms with E-state index >= 15 is 0 Å². The summed E-state index contributed by atoms with van der Waals surface area (Å²) in [6.07, 6.45) is 4.24. The van der Waals surface area contributed by atoms with Crippen LogP contribution >= 0.6 is 0 Å². The second-order valence-corrected chi connectivity index (χ2v) is 6.54. The second kappa shape index (κ2) is 7.59. The van der Waals surface area contributed by atoms with Crippen LogP contribution < -0.4 is 10.1 Å². The average Bonchev–Trinajstić information content (AvgIpc) is 2.81. The van der Waals surface area contributed by atoms with Gasteiger partial charge in [0.2, 0.25) is 0 Å². The number of amides is 2. The molecule has 3 rings (SSSR count). The molecule has 1 aromatic carbocycles. The fourth-order valence-corrected chi connectivity index (χ4v) is 3.64. The van der Waals surface area contributed by atoms with Crippen molar-refractivity contribution < 1.29 is 9.53 Å². The van der Waals surface area contributed by atoms with Gasteiger partial charge < -0.3 is 15.0 Å². The number of aromatic nitrogens is 2. The van der Waals surface area contributed by atoms with E-state index in [-0.39, 0.29) is 12.1 Å². The molecule has 0 radical (unpaired) electrons. The molecule has 1 aromatic heterocycles. The summed E-state index contributed by atoms with van der Waals surface area (Å²) in [5.41, 5.74) is 3.86. The topological polar surface area (TPSA) is 70.2 Å². The van der Waals surface area contributed by atoms with Crippen molar-refractivity contribution in [1.29, 1.82) is 0 Å². The molecular weight excluding hydrogens is 316 g/mol. The van der Waals surface area contributed by atoms with Crippen LogP contribution in [-0.2, 0) is 0 Å². The monoisotopic (exact) mass is 342 g/mol. The van der Waals surface area contributed by atoms with Gasteiger partial charge in [-0.2, -0.15) is 5.10 Å². The number of hydrogen-bond acceptors (Lipinski definition) is 3. The number of nitrogens with zero attached hydrogens (tertiary/aromatic N) is 2. The van der Waals surface area contributed by atoms with Gasteiger partial charge in [-0.15, -0.1) is 0 Å². The number of anilines is 1. The lowest BCUT2D eigenvalue weighted by molar-refractivity contribution is 0.189. The summed E-state index contributed by atoms with van der Waals surface area (Å²) < 4.78 is 5.35. The molecule has 2 heterocycles. The maximum absolute atomic E-state index is 13.0. The lowest BCUT2D eigenvalue weighted by Gasteiger charge is -2.31. The third kappa shape index (κ3) is 3.62. The maximum atomic E-state index is 13.0. The van der Waals surface area contributed by atoms with Crippen LogP contribution in [0.5, 0.6) is 5.75 Å². The molecule has 1 aliphatic rings. The van der Waals surface area contributed by atoms with Crippen LogP contribution in [0.2, 0.25) is 0 Å². The van der Waals surface area contributed by atoms with E-state index in [4.69, 9.17) is 4.74 Å². The minimum atomic E-state index is -0.0867. The van der Waals surface area contributed by atoms with E-state index in [2.05, 4.69) is 15.5 Å². The number of nitrogens with one attached hydrogen (secondary N) is 2. The first-order chi connectivity index (χ1) is 12.1. The summed E-state index contributed by atoms with van der Waals surface area (Å²) in [7, 11) is 1.61. The molecule has 1 saturated heterocycles. The van der Waals surface area contributed by atoms with E-state index in [0.717, 1.165) is 49.2 Å². The van der Waals surface area contributed by atoms with Gasteiger partial charge in [-0.25, -0.2) is 4.79 Å². The third-order valence-electron chi connectivity index (χ3n) is 4.88. The molecule has 0 aliphatic carbocycles. The van der Waals surface area contributed by atoms with Crippen molar-refractivity contribution in [3.63, 3.8) is 0 Å². The van der Waals surface area contributed by atoms with Crippen LogP contribution in [0.3, 0.4) is 0 Å². The van der Waals surface area contributed by atoms with Gasteiger partial charge >= 0.3 is 6.03 Å². The number of benzene rings is 1. The molecule has 2 N–H and O–H groups in total. The Morgan fingerprint density at radius 2 is 2.08 bits per heavy atom. The summed E-state index contributed by atoms with van der Waals surface area (Å²) in [4.78, 5) is 15.0. The molecule has 1 aliphatic heterocycles. The fraction of sp³-hybridized carbons (Fsp3) is 0.474. The molecule has 0 saturated carbocycles. The zero-order chi connectivity index (χ0) is 17.8. The predicted molar refractivity (Wildman–Crippen MR) is 98.0 cm³/mol. The number of aromatic amines is 1. The van der Waals surface area contributed by atoms with Crippen molar-refractivity contribution in [2.24, 2.45) is 0 Å². The molecule has 0 bridgehead atoms. The largest absolute Gasteiger partial charge is 0.495 e. The van der Waals surface area contributed by atoms with Crippen molar-refractivity contribution in [2.45, 2.75) is 45.6 Å². The number of carbonyl (C=O) groups excluding carboxylic acids is 1. The molecule has 2 amide bonds. The molecule has 25 heavy (non-hydrogen) atoms. The minimum Gasteiger partial charge on any atom is -0.495 e. The highest BCUT2D eigenvalue weighted by atomic mass is 16.5. The van der Waals surface area contributed by atoms with E-state index in [0.29, 0.717) is 11.4 Å². The quantitative estimate of drug-likeness (QED) is 0.879. The average molecular weight is 342 g/mol. The molecular formula is C19H26N4O2. The minimum absolute atomic E-state index is 0.0518. The first-order valence-corrected chi connectivity index (χ1v) is 8.84. The van der Waals surface area contributed by atoms with Gasteiger partial charge in [-0.3, -0.25) is 5.10 Å². The first kappa shape index (κ1) is 17.3. The molecule has 6 nitrogen and oxygen atoms in total. The molecule has 1 fully saturated rings. The van der Waals surface area contributed by atoms with E-state index in [9.17, 15) is 4.79 Å². The highest BCUT2D eigenvalue weighted by Gasteiger charge is 2.30. The van der Waals surface area contributed by atoms with Crippen molar-refractivity contribution >= 4 is 11.7 Å². The first-order valence-electron chi connectivity index (χ1n) is 8.84. The van der Waals surface area contributed by atoms with E-state index in [1.54, 1.807) is 7.11 Å². The van der Waals surface area contributed by atoms with Crippen LogP contribution in [0.1, 0.15) is 48.7 Å². The maximum Gasteiger partial charge on any atom is 0.322 e. The van der Waals surface area contributed by atoms with Crippen LogP contribution in [0.4, 0.5) is 10.5 Å². The van der Waals surface area contributed by atoms with Crippen molar-refractivity contribution in [1.82, 2.24) is 15.1 Å². The standard InChI is InChI=1S/C19H26N4O2/c1-13-18(14(2)22-21-13)16-10-5-4-8-12-23(16)19(24)20-15-9-6-7-11-17(15)25-3/h6-7,9,11,16H,4-5,8,10,12H2,1-3H3,(H,20,24)(H,21,22). The van der Waals surface area contributed by atoms with Crippen LogP contribution in [-0.4, -0.2) is 34.8 Å². The van der Waals surface area contributed by atoms with Gasteiger partial charge in [0.25, 0.3) is 0 Å². The highest BCUT2D eigenvalue weighted by molar-refractivity contribution is 5.91. The molecule has 1 atom stereocenters. The Kier molecular flexibility index (Phi) is 5.26. The predicted octanol–water partition coefficient (Wildman–Crippen LogP) is 4.18. The van der Waals surface area contributed by atoms with Gasteiger partial charge in [0.1, 0.15) is 5.75 Å². The zero-order valence-electron chi connectivity index (χ0n) is 15.1. The Morgan fingerprint density at radius 3 is 2.80 bits per heavy atom. The highest BCUT2D eigenvalue weighted by Crippen LogP contribution is 2.34. The lowest BCUT2D eigenvalue weighted by Crippen LogP contribution is -2.38. The summed E-state index contributed by atoms with van der Waals surface area (Å²) in [6, 6.07) is 7.45. The lowest BCUT2D eigenvalue weighted by atomic mass is 9.99. The van der Waals surface area contributed by atoms with E-state index in [1.165, 1.54) is 0 Å². The van der Waals surface area contributed by atoms with Crippen LogP contribution in [0, 0.1) is 13.8 Å². The molecule has 0 spiro atoms. The Morgan fingerprint density at radius 1 is 1.28 bits per heavy atom. The number of likely N-dealkylation sites (tertiary alicyclic amines) is 1. The van der Waals surface area contributed by atoms with Crippen molar-refractivity contribution in [2.75, 3.05) is 19.0 Å². The zero-order valence-corrected chi connectivity index (χ0v) is 15.1. The number of para-hydroxylation sites is 2. The van der Waals surface area contributed by atoms with Gasteiger partial charge in [0.05, 0.1) is 24.5 Å². The van der Waals surface area contributed by atoms with E-state index in [1.807, 2.05) is 43.0 Å². The SMILES string of the molecule is COc1ccccc1NC(=O)N1CCCCCC1c1c(C)n[nH]c1C. The molecule has 2 aromatic rings. The van der Waals surface area contributed by atoms with Gasteiger partial charge in [-0.1, -0.05) is 25.0 Å². The number of ether oxygens (including phenoxy) is 1. The van der Waals surface area contributed by atoms with Gasteiger partial charge in [-0.05, 0) is 38.8 Å². The molecule has 134 valence electrons. The number of urea groups is 1. The summed E-state index contributed by atoms with van der Waals surface area (Å²) >= 11 is 0. The van der Waals surface area contributed by atoms with Gasteiger partial charge in [0, 0.05) is 17.8 Å². The Bertz CT molecular complexity index is 721. The van der Waals surface area contributed by atoms with Crippen LogP contribution in [0.25, 0.3) is 0 Å². The second-order valence-electron chi connectivity index (χ2n) is 6.54. The van der Waals surface area contributed by atoms with Gasteiger partial charge in [0.15, 0.2) is 0 Å². The Hall–Kier alpha value is -2.50. The van der Waals surface area contributed by atoms with Crippen molar-refractivity contribution in [3.05, 3.63) is 41.2 Å². The fourth-order valence-electron chi connectivity index (χ4n) is 3.64. The third-order valence-corrected chi connectivity index (χ3v) is 4.88. The number of H-pyrrole nitrogens is 1. The number of aryl methyl sites for hydroxylation is 2. The Labute approximate surface area is 148 Å². The number of hydrogen-bond donors (Lipinski definition) is 2. The smallest absolute Gasteiger partial charge is 0.322 e. The molecule has 1 unspecified atom stereocenters. The van der Waals surface area contributed by atoms with Crippen molar-refractivity contribution in [3.8, 4) is 5.75 Å². The summed E-state index contributed by atoms with van der Waals surface area (Å²) in [5, 5.41) is 10.4. The Balaban J connectivity index is 1.87. The number of methoxy groups -OCH3 is 1. The number of rotatable bonds is 3. The summed E-state index contributed by atoms with van der Waals surface area (Å²) in [5.74, 6) is 0.665. The normalized spacial score (nSPS) is 17.9. The molecule has 6 heteroatoms. The number of carbonyl (C=O) groups is 1. The van der Waals surface area contributed by atoms with Crippen LogP contribution in [0.15, 0.2) is 24.3 Å². The van der Waals surface area contributed by atoms with E-state index < -0.39 is 0 Å².